The van der Waals surface area contributed by atoms with Crippen LogP contribution in [-0.4, -0.2) is 34.3 Å². The molecule has 0 bridgehead atoms. The molecule has 0 aromatic carbocycles. The van der Waals surface area contributed by atoms with Gasteiger partial charge in [-0.05, 0) is 30.7 Å². The van der Waals surface area contributed by atoms with Crippen molar-refractivity contribution in [3.63, 3.8) is 0 Å². The molecule has 0 saturated carbocycles. The highest BCUT2D eigenvalue weighted by molar-refractivity contribution is 7.09. The molecule has 1 saturated heterocycles. The van der Waals surface area contributed by atoms with E-state index in [0.29, 0.717) is 18.5 Å². The summed E-state index contributed by atoms with van der Waals surface area (Å²) in [6.07, 6.45) is 4.55. The summed E-state index contributed by atoms with van der Waals surface area (Å²) in [5.41, 5.74) is 0. The van der Waals surface area contributed by atoms with Gasteiger partial charge in [-0.3, -0.25) is 4.90 Å². The second kappa shape index (κ2) is 7.85. The second-order valence-corrected chi connectivity index (χ2v) is 6.77. The Hall–Kier alpha value is -1.24. The number of rotatable bonds is 8. The number of hydrogen-bond acceptors (Lipinski definition) is 6. The van der Waals surface area contributed by atoms with Gasteiger partial charge < -0.3 is 9.26 Å². The fourth-order valence-corrected chi connectivity index (χ4v) is 3.50. The Morgan fingerprint density at radius 3 is 3.09 bits per heavy atom. The van der Waals surface area contributed by atoms with E-state index >= 15 is 0 Å². The largest absolute Gasteiger partial charge is 0.377 e. The average molecular weight is 321 g/mol. The van der Waals surface area contributed by atoms with E-state index < -0.39 is 0 Å². The van der Waals surface area contributed by atoms with Crippen LogP contribution in [0.1, 0.15) is 42.8 Å². The summed E-state index contributed by atoms with van der Waals surface area (Å²) >= 11 is 1.78. The van der Waals surface area contributed by atoms with Gasteiger partial charge in [-0.1, -0.05) is 18.1 Å². The van der Waals surface area contributed by atoms with Crippen LogP contribution >= 0.6 is 11.3 Å². The van der Waals surface area contributed by atoms with Crippen LogP contribution in [0.25, 0.3) is 0 Å². The predicted molar refractivity (Wildman–Crippen MR) is 85.7 cm³/mol. The molecule has 0 spiro atoms. The van der Waals surface area contributed by atoms with Crippen LogP contribution in [-0.2, 0) is 24.2 Å². The lowest BCUT2D eigenvalue weighted by atomic mass is 10.2. The fraction of sp³-hybridized carbons (Fsp3) is 0.625. The molecule has 3 rings (SSSR count). The quantitative estimate of drug-likeness (QED) is 0.747. The minimum atomic E-state index is 0.331. The molecule has 1 unspecified atom stereocenters. The zero-order valence-electron chi connectivity index (χ0n) is 13.0. The predicted octanol–water partition coefficient (Wildman–Crippen LogP) is 3.26. The number of aryl methyl sites for hydroxylation is 1. The zero-order valence-corrected chi connectivity index (χ0v) is 13.8. The van der Waals surface area contributed by atoms with Crippen molar-refractivity contribution >= 4 is 11.3 Å². The Balaban J connectivity index is 1.63. The van der Waals surface area contributed by atoms with Crippen molar-refractivity contribution in [2.45, 2.75) is 51.8 Å². The van der Waals surface area contributed by atoms with Gasteiger partial charge in [0.05, 0.1) is 12.6 Å². The van der Waals surface area contributed by atoms with Gasteiger partial charge in [0.1, 0.15) is 0 Å². The zero-order chi connectivity index (χ0) is 15.2. The van der Waals surface area contributed by atoms with Crippen LogP contribution < -0.4 is 0 Å². The average Bonchev–Trinajstić information content (AvgIpc) is 3.22. The molecule has 22 heavy (non-hydrogen) atoms. The smallest absolute Gasteiger partial charge is 0.240 e. The van der Waals surface area contributed by atoms with Gasteiger partial charge in [0.25, 0.3) is 0 Å². The first-order chi connectivity index (χ1) is 10.8. The molecule has 1 fully saturated rings. The molecule has 0 amide bonds. The van der Waals surface area contributed by atoms with Gasteiger partial charge in [-0.15, -0.1) is 11.3 Å². The minimum absolute atomic E-state index is 0.331. The summed E-state index contributed by atoms with van der Waals surface area (Å²) < 4.78 is 11.2. The Labute approximate surface area is 135 Å². The van der Waals surface area contributed by atoms with E-state index in [-0.39, 0.29) is 0 Å². The maximum absolute atomic E-state index is 5.78. The first-order valence-electron chi connectivity index (χ1n) is 8.01. The molecule has 1 atom stereocenters. The minimum Gasteiger partial charge on any atom is -0.377 e. The Morgan fingerprint density at radius 1 is 1.41 bits per heavy atom. The topological polar surface area (TPSA) is 51.4 Å². The first-order valence-corrected chi connectivity index (χ1v) is 8.89. The number of nitrogens with zero attached hydrogens (tertiary/aromatic N) is 3. The number of aromatic nitrogens is 2. The lowest BCUT2D eigenvalue weighted by molar-refractivity contribution is 0.0644. The Kier molecular flexibility index (Phi) is 5.58. The molecule has 0 N–H and O–H groups in total. The summed E-state index contributed by atoms with van der Waals surface area (Å²) in [7, 11) is 0. The fourth-order valence-electron chi connectivity index (χ4n) is 2.76. The molecule has 2 aromatic heterocycles. The third kappa shape index (κ3) is 4.38. The summed E-state index contributed by atoms with van der Waals surface area (Å²) in [5, 5.41) is 6.16. The van der Waals surface area contributed by atoms with Crippen LogP contribution in [0.2, 0.25) is 0 Å². The molecular weight excluding hydrogens is 298 g/mol. The van der Waals surface area contributed by atoms with Gasteiger partial charge in [0, 0.05) is 31.0 Å². The monoisotopic (exact) mass is 321 g/mol. The van der Waals surface area contributed by atoms with E-state index in [1.54, 1.807) is 11.3 Å². The van der Waals surface area contributed by atoms with Crippen LogP contribution in [0.4, 0.5) is 0 Å². The highest BCUT2D eigenvalue weighted by Crippen LogP contribution is 2.18. The van der Waals surface area contributed by atoms with Gasteiger partial charge in [-0.25, -0.2) is 0 Å². The summed E-state index contributed by atoms with van der Waals surface area (Å²) in [4.78, 5) is 8.19. The maximum atomic E-state index is 5.78. The number of hydrogen-bond donors (Lipinski definition) is 0. The van der Waals surface area contributed by atoms with E-state index in [2.05, 4.69) is 39.5 Å². The lowest BCUT2D eigenvalue weighted by Gasteiger charge is -2.23. The number of ether oxygens (including phenoxy) is 1. The molecule has 3 heterocycles. The molecule has 5 nitrogen and oxygen atoms in total. The normalized spacial score (nSPS) is 18.4. The molecular formula is C16H23N3O2S. The third-order valence-corrected chi connectivity index (χ3v) is 4.65. The van der Waals surface area contributed by atoms with E-state index in [4.69, 9.17) is 9.26 Å². The van der Waals surface area contributed by atoms with Crippen molar-refractivity contribution in [2.75, 3.05) is 13.2 Å². The molecule has 2 aromatic rings. The van der Waals surface area contributed by atoms with Gasteiger partial charge in [-0.2, -0.15) is 4.98 Å². The van der Waals surface area contributed by atoms with Gasteiger partial charge in [0.2, 0.25) is 5.89 Å². The van der Waals surface area contributed by atoms with Crippen LogP contribution in [0.3, 0.4) is 0 Å². The highest BCUT2D eigenvalue weighted by atomic mass is 32.1. The van der Waals surface area contributed by atoms with Crippen molar-refractivity contribution in [3.8, 4) is 0 Å². The summed E-state index contributed by atoms with van der Waals surface area (Å²) in [6, 6.07) is 4.26. The van der Waals surface area contributed by atoms with E-state index in [1.807, 2.05) is 0 Å². The van der Waals surface area contributed by atoms with E-state index in [9.17, 15) is 0 Å². The SMILES string of the molecule is CCCc1noc(CN(Cc2cccs2)CC2CCCO2)n1. The molecule has 1 aliphatic heterocycles. The van der Waals surface area contributed by atoms with Gasteiger partial charge >= 0.3 is 0 Å². The van der Waals surface area contributed by atoms with Crippen LogP contribution in [0.5, 0.6) is 0 Å². The molecule has 0 radical (unpaired) electrons. The standard InChI is InChI=1S/C16H23N3O2S/c1-2-5-15-17-16(21-18-15)12-19(10-13-6-3-8-20-13)11-14-7-4-9-22-14/h4,7,9,13H,2-3,5-6,8,10-12H2,1H3. The maximum Gasteiger partial charge on any atom is 0.240 e. The van der Waals surface area contributed by atoms with Crippen molar-refractivity contribution in [3.05, 3.63) is 34.1 Å². The Bertz CT molecular complexity index is 550. The molecule has 1 aliphatic rings. The second-order valence-electron chi connectivity index (χ2n) is 5.74. The van der Waals surface area contributed by atoms with Crippen LogP contribution in [0.15, 0.2) is 22.0 Å². The van der Waals surface area contributed by atoms with Crippen molar-refractivity contribution in [2.24, 2.45) is 0 Å². The van der Waals surface area contributed by atoms with E-state index in [0.717, 1.165) is 44.8 Å². The Morgan fingerprint density at radius 2 is 2.36 bits per heavy atom. The van der Waals surface area contributed by atoms with E-state index in [1.165, 1.54) is 11.3 Å². The van der Waals surface area contributed by atoms with Crippen molar-refractivity contribution < 1.29 is 9.26 Å². The van der Waals surface area contributed by atoms with Crippen LogP contribution in [0, 0.1) is 0 Å². The van der Waals surface area contributed by atoms with Gasteiger partial charge in [0.15, 0.2) is 5.82 Å². The molecule has 120 valence electrons. The molecule has 6 heteroatoms. The number of thiophene rings is 1. The summed E-state index contributed by atoms with van der Waals surface area (Å²) in [6.45, 7) is 5.52. The first kappa shape index (κ1) is 15.6. The summed E-state index contributed by atoms with van der Waals surface area (Å²) in [5.74, 6) is 1.52. The van der Waals surface area contributed by atoms with Crippen molar-refractivity contribution in [1.29, 1.82) is 0 Å². The van der Waals surface area contributed by atoms with Crippen molar-refractivity contribution in [1.82, 2.24) is 15.0 Å². The highest BCUT2D eigenvalue weighted by Gasteiger charge is 2.21. The lowest BCUT2D eigenvalue weighted by Crippen LogP contribution is -2.31. The third-order valence-electron chi connectivity index (χ3n) is 3.79. The molecule has 0 aliphatic carbocycles.